The number of pyridine rings is 1. The molecule has 0 bridgehead atoms. The molecule has 0 spiro atoms. The summed E-state index contributed by atoms with van der Waals surface area (Å²) in [4.78, 5) is 0. The molecule has 0 radical (unpaired) electrons. The monoisotopic (exact) mass is 284 g/mol. The minimum absolute atomic E-state index is 1.02. The first-order chi connectivity index (χ1) is 10.8. The fourth-order valence-corrected chi connectivity index (χ4v) is 3.28. The number of hydrogen-bond acceptors (Lipinski definition) is 0. The quantitative estimate of drug-likeness (QED) is 0.470. The Balaban J connectivity index is 1.98. The summed E-state index contributed by atoms with van der Waals surface area (Å²) in [6.07, 6.45) is 3.26. The van der Waals surface area contributed by atoms with E-state index in [1.165, 1.54) is 33.5 Å². The lowest BCUT2D eigenvalue weighted by molar-refractivity contribution is -0.562. The van der Waals surface area contributed by atoms with Gasteiger partial charge in [0.2, 0.25) is 11.4 Å². The van der Waals surface area contributed by atoms with Crippen LogP contribution < -0.4 is 4.57 Å². The second kappa shape index (κ2) is 4.96. The zero-order chi connectivity index (χ0) is 15.1. The maximum atomic E-state index is 4.29. The first-order valence-electron chi connectivity index (χ1n) is 7.72. The Bertz CT molecular complexity index is 876. The lowest BCUT2D eigenvalue weighted by atomic mass is 9.98. The molecule has 1 aliphatic rings. The van der Waals surface area contributed by atoms with E-state index >= 15 is 0 Å². The molecule has 0 aliphatic carbocycles. The van der Waals surface area contributed by atoms with E-state index in [0.717, 1.165) is 12.1 Å². The molecule has 2 aromatic carbocycles. The Kier molecular flexibility index (Phi) is 2.93. The fraction of sp³-hybridized carbons (Fsp3) is 0.0952. The Morgan fingerprint density at radius 2 is 1.55 bits per heavy atom. The number of benzene rings is 2. The van der Waals surface area contributed by atoms with Gasteiger partial charge in [-0.2, -0.15) is 4.57 Å². The molecule has 0 atom stereocenters. The van der Waals surface area contributed by atoms with E-state index < -0.39 is 0 Å². The van der Waals surface area contributed by atoms with Gasteiger partial charge in [-0.15, -0.1) is 0 Å². The highest BCUT2D eigenvalue weighted by Gasteiger charge is 2.31. The van der Waals surface area contributed by atoms with Crippen LogP contribution in [0.15, 0.2) is 73.4 Å². The molecule has 22 heavy (non-hydrogen) atoms. The van der Waals surface area contributed by atoms with Gasteiger partial charge in [-0.25, -0.2) is 0 Å². The van der Waals surface area contributed by atoms with Crippen LogP contribution >= 0.6 is 0 Å². The molecule has 0 saturated heterocycles. The number of aryl methyl sites for hydroxylation is 1. The van der Waals surface area contributed by atoms with Crippen molar-refractivity contribution in [1.29, 1.82) is 0 Å². The van der Waals surface area contributed by atoms with Crippen molar-refractivity contribution in [3.63, 3.8) is 0 Å². The maximum absolute atomic E-state index is 4.29. The van der Waals surface area contributed by atoms with Crippen molar-refractivity contribution in [2.24, 2.45) is 0 Å². The van der Waals surface area contributed by atoms with Crippen molar-refractivity contribution in [3.05, 3.63) is 84.6 Å². The van der Waals surface area contributed by atoms with E-state index in [0.29, 0.717) is 0 Å². The molecule has 0 amide bonds. The van der Waals surface area contributed by atoms with Crippen molar-refractivity contribution in [1.82, 2.24) is 0 Å². The Morgan fingerprint density at radius 1 is 0.864 bits per heavy atom. The molecule has 1 aliphatic heterocycles. The summed E-state index contributed by atoms with van der Waals surface area (Å²) in [5.74, 6) is 0. The summed E-state index contributed by atoms with van der Waals surface area (Å²) in [6.45, 7) is 6.51. The lowest BCUT2D eigenvalue weighted by Crippen LogP contribution is -2.30. The first-order valence-corrected chi connectivity index (χ1v) is 7.72. The Hall–Kier alpha value is -2.67. The third kappa shape index (κ3) is 1.82. The molecule has 1 nitrogen and oxygen atoms in total. The van der Waals surface area contributed by atoms with Crippen LogP contribution in [-0.4, -0.2) is 0 Å². The van der Waals surface area contributed by atoms with Gasteiger partial charge in [0.15, 0.2) is 6.20 Å². The van der Waals surface area contributed by atoms with Crippen LogP contribution in [0.4, 0.5) is 0 Å². The van der Waals surface area contributed by atoms with Crippen molar-refractivity contribution < 1.29 is 4.57 Å². The van der Waals surface area contributed by atoms with Gasteiger partial charge in [-0.1, -0.05) is 49.4 Å². The molecule has 0 saturated carbocycles. The van der Waals surface area contributed by atoms with Gasteiger partial charge in [-0.3, -0.25) is 0 Å². The predicted octanol–water partition coefficient (Wildman–Crippen LogP) is 4.70. The molecule has 0 N–H and O–H groups in total. The number of fused-ring (bicyclic) bond motifs is 3. The third-order valence-corrected chi connectivity index (χ3v) is 4.45. The summed E-state index contributed by atoms with van der Waals surface area (Å²) in [5.41, 5.74) is 8.75. The van der Waals surface area contributed by atoms with E-state index in [9.17, 15) is 0 Å². The normalized spacial score (nSPS) is 12.1. The number of rotatable bonds is 2. The average Bonchev–Trinajstić information content (AvgIpc) is 2.87. The molecule has 3 aromatic rings. The topological polar surface area (TPSA) is 3.88 Å². The van der Waals surface area contributed by atoms with Gasteiger partial charge in [0.1, 0.15) is 0 Å². The summed E-state index contributed by atoms with van der Waals surface area (Å²) < 4.78 is 2.23. The van der Waals surface area contributed by atoms with Crippen molar-refractivity contribution in [2.75, 3.05) is 0 Å². The smallest absolute Gasteiger partial charge is 0.159 e. The van der Waals surface area contributed by atoms with Crippen LogP contribution in [0, 0.1) is 0 Å². The standard InChI is InChI=1S/C21H18N/c1-3-16-13-21-19-12-8-7-11-18(19)15(2)22(21)14-20(16)17-9-5-4-6-10-17/h4-14H,2-3H2,1H3/q+1. The van der Waals surface area contributed by atoms with Crippen LogP contribution in [0.3, 0.4) is 0 Å². The maximum Gasteiger partial charge on any atom is 0.219 e. The van der Waals surface area contributed by atoms with E-state index in [4.69, 9.17) is 0 Å². The minimum atomic E-state index is 1.02. The van der Waals surface area contributed by atoms with Crippen molar-refractivity contribution in [2.45, 2.75) is 13.3 Å². The van der Waals surface area contributed by atoms with E-state index in [-0.39, 0.29) is 0 Å². The highest BCUT2D eigenvalue weighted by molar-refractivity contribution is 5.81. The van der Waals surface area contributed by atoms with Crippen LogP contribution in [0.5, 0.6) is 0 Å². The van der Waals surface area contributed by atoms with Crippen molar-refractivity contribution in [3.8, 4) is 22.4 Å². The summed E-state index contributed by atoms with van der Waals surface area (Å²) >= 11 is 0. The molecular weight excluding hydrogens is 266 g/mol. The summed E-state index contributed by atoms with van der Waals surface area (Å²) in [5, 5.41) is 0. The zero-order valence-corrected chi connectivity index (χ0v) is 12.7. The summed E-state index contributed by atoms with van der Waals surface area (Å²) in [6, 6.07) is 21.4. The third-order valence-electron chi connectivity index (χ3n) is 4.45. The fourth-order valence-electron chi connectivity index (χ4n) is 3.28. The first kappa shape index (κ1) is 13.0. The van der Waals surface area contributed by atoms with Gasteiger partial charge in [0.05, 0.1) is 11.1 Å². The highest BCUT2D eigenvalue weighted by atomic mass is 15.0. The minimum Gasteiger partial charge on any atom is -0.159 e. The molecule has 2 heterocycles. The molecule has 0 unspecified atom stereocenters. The second-order valence-electron chi connectivity index (χ2n) is 5.68. The lowest BCUT2D eigenvalue weighted by Gasteiger charge is -2.07. The second-order valence-corrected chi connectivity index (χ2v) is 5.68. The van der Waals surface area contributed by atoms with Gasteiger partial charge in [0.25, 0.3) is 0 Å². The molecule has 4 rings (SSSR count). The Labute approximate surface area is 131 Å². The van der Waals surface area contributed by atoms with E-state index in [2.05, 4.69) is 84.9 Å². The van der Waals surface area contributed by atoms with Crippen LogP contribution in [0.25, 0.3) is 28.1 Å². The average molecular weight is 284 g/mol. The molecule has 1 aromatic heterocycles. The Morgan fingerprint density at radius 3 is 2.27 bits per heavy atom. The molecular formula is C21H18N+. The van der Waals surface area contributed by atoms with Crippen LogP contribution in [-0.2, 0) is 6.42 Å². The van der Waals surface area contributed by atoms with Crippen LogP contribution in [0.2, 0.25) is 0 Å². The molecule has 106 valence electrons. The molecule has 1 heteroatoms. The summed E-state index contributed by atoms with van der Waals surface area (Å²) in [7, 11) is 0. The molecule has 0 fully saturated rings. The van der Waals surface area contributed by atoms with Crippen LogP contribution in [0.1, 0.15) is 18.1 Å². The van der Waals surface area contributed by atoms with Gasteiger partial charge in [0, 0.05) is 11.6 Å². The van der Waals surface area contributed by atoms with E-state index in [1.807, 2.05) is 0 Å². The largest absolute Gasteiger partial charge is 0.219 e. The van der Waals surface area contributed by atoms with Gasteiger partial charge in [-0.05, 0) is 36.3 Å². The van der Waals surface area contributed by atoms with Crippen molar-refractivity contribution >= 4 is 5.70 Å². The van der Waals surface area contributed by atoms with Gasteiger partial charge < -0.3 is 0 Å². The number of nitrogens with zero attached hydrogens (tertiary/aromatic N) is 1. The van der Waals surface area contributed by atoms with E-state index in [1.54, 1.807) is 0 Å². The highest BCUT2D eigenvalue weighted by Crippen LogP contribution is 2.35. The predicted molar refractivity (Wildman–Crippen MR) is 91.3 cm³/mol. The number of aromatic nitrogens is 1. The SMILES string of the molecule is C=C1c2ccccc2-c2cc(CC)c(-c3ccccc3)c[n+]21. The number of hydrogen-bond donors (Lipinski definition) is 0. The van der Waals surface area contributed by atoms with Gasteiger partial charge >= 0.3 is 0 Å². The zero-order valence-electron chi connectivity index (χ0n) is 12.7.